The topological polar surface area (TPSA) is 43.7 Å². The van der Waals surface area contributed by atoms with Crippen LogP contribution in [-0.2, 0) is 11.4 Å². The summed E-state index contributed by atoms with van der Waals surface area (Å²) in [6, 6.07) is 17.8. The molecule has 2 heterocycles. The molecular formula is C25H24N2O3S2. The van der Waals surface area contributed by atoms with Gasteiger partial charge in [0.1, 0.15) is 6.61 Å². The van der Waals surface area contributed by atoms with E-state index in [2.05, 4.69) is 19.1 Å². The molecule has 1 amide bonds. The minimum Gasteiger partial charge on any atom is -0.493 e. The fourth-order valence-corrected chi connectivity index (χ4v) is 4.74. The number of aromatic nitrogens is 1. The predicted octanol–water partition coefficient (Wildman–Crippen LogP) is 5.54. The van der Waals surface area contributed by atoms with Gasteiger partial charge in [-0.1, -0.05) is 47.7 Å². The lowest BCUT2D eigenvalue weighted by atomic mass is 10.1. The number of thioether (sulfide) groups is 1. The van der Waals surface area contributed by atoms with Crippen LogP contribution in [0.5, 0.6) is 11.5 Å². The number of carbonyl (C=O) groups is 1. The van der Waals surface area contributed by atoms with Crippen molar-refractivity contribution in [2.75, 3.05) is 12.1 Å². The number of rotatable bonds is 6. The number of methoxy groups -OCH3 is 1. The van der Waals surface area contributed by atoms with Crippen LogP contribution in [0.4, 0.5) is 0 Å². The summed E-state index contributed by atoms with van der Waals surface area (Å²) in [5.74, 6) is 1.12. The van der Waals surface area contributed by atoms with Gasteiger partial charge in [0.05, 0.1) is 12.0 Å². The lowest BCUT2D eigenvalue weighted by Crippen LogP contribution is -2.39. The van der Waals surface area contributed by atoms with E-state index in [4.69, 9.17) is 21.7 Å². The SMILES string of the molecule is COc1cc(/C=C2/SC(=S)N(n3c(C)ccc3C)C2=O)ccc1OCc1ccc(C)cc1. The molecule has 0 radical (unpaired) electrons. The van der Waals surface area contributed by atoms with E-state index in [-0.39, 0.29) is 5.91 Å². The first kappa shape index (κ1) is 22.2. The third-order valence-electron chi connectivity index (χ3n) is 5.21. The number of hydrogen-bond donors (Lipinski definition) is 0. The molecule has 0 aliphatic carbocycles. The Bertz CT molecular complexity index is 1190. The zero-order valence-corrected chi connectivity index (χ0v) is 20.0. The Balaban J connectivity index is 1.54. The standard InChI is InChI=1S/C25H24N2O3S2/c1-16-5-9-19(10-6-16)15-30-21-12-11-20(13-22(21)29-4)14-23-24(28)27(25(31)32-23)26-17(2)7-8-18(26)3/h5-14H,15H2,1-4H3/b23-14+. The summed E-state index contributed by atoms with van der Waals surface area (Å²) in [4.78, 5) is 13.7. The Morgan fingerprint density at radius 2 is 1.66 bits per heavy atom. The number of nitrogens with zero attached hydrogens (tertiary/aromatic N) is 2. The number of ether oxygens (including phenoxy) is 2. The molecule has 0 N–H and O–H groups in total. The molecule has 1 aliphatic heterocycles. The van der Waals surface area contributed by atoms with E-state index in [0.717, 1.165) is 22.5 Å². The molecule has 0 atom stereocenters. The lowest BCUT2D eigenvalue weighted by Gasteiger charge is -2.20. The molecule has 0 unspecified atom stereocenters. The number of aryl methyl sites for hydroxylation is 3. The molecule has 0 saturated carbocycles. The van der Waals surface area contributed by atoms with Crippen LogP contribution < -0.4 is 14.5 Å². The van der Waals surface area contributed by atoms with Crippen LogP contribution in [0, 0.1) is 20.8 Å². The average molecular weight is 465 g/mol. The van der Waals surface area contributed by atoms with Gasteiger partial charge in [-0.05, 0) is 74.5 Å². The zero-order chi connectivity index (χ0) is 22.8. The Morgan fingerprint density at radius 1 is 0.969 bits per heavy atom. The molecular weight excluding hydrogens is 440 g/mol. The Labute approximate surface area is 197 Å². The maximum absolute atomic E-state index is 13.1. The van der Waals surface area contributed by atoms with Crippen molar-refractivity contribution in [2.45, 2.75) is 27.4 Å². The number of benzene rings is 2. The maximum Gasteiger partial charge on any atom is 0.285 e. The first-order chi connectivity index (χ1) is 15.4. The van der Waals surface area contributed by atoms with Gasteiger partial charge in [0.25, 0.3) is 5.91 Å². The summed E-state index contributed by atoms with van der Waals surface area (Å²) in [6.07, 6.45) is 1.83. The number of amides is 1. The second-order valence-electron chi connectivity index (χ2n) is 7.61. The summed E-state index contributed by atoms with van der Waals surface area (Å²) in [7, 11) is 1.61. The Hall–Kier alpha value is -3.03. The number of thiocarbonyl (C=S) groups is 1. The summed E-state index contributed by atoms with van der Waals surface area (Å²) in [6.45, 7) is 6.41. The molecule has 1 fully saturated rings. The van der Waals surface area contributed by atoms with Gasteiger partial charge in [0.2, 0.25) is 0 Å². The van der Waals surface area contributed by atoms with Crippen molar-refractivity contribution in [3.63, 3.8) is 0 Å². The van der Waals surface area contributed by atoms with Crippen molar-refractivity contribution in [1.29, 1.82) is 0 Å². The van der Waals surface area contributed by atoms with Crippen LogP contribution in [0.15, 0.2) is 59.5 Å². The maximum atomic E-state index is 13.1. The highest BCUT2D eigenvalue weighted by atomic mass is 32.2. The first-order valence-electron chi connectivity index (χ1n) is 10.2. The fraction of sp³-hybridized carbons (Fsp3) is 0.200. The van der Waals surface area contributed by atoms with Crippen LogP contribution in [-0.4, -0.2) is 22.0 Å². The number of hydrogen-bond acceptors (Lipinski definition) is 5. The molecule has 1 aliphatic rings. The predicted molar refractivity (Wildman–Crippen MR) is 134 cm³/mol. The average Bonchev–Trinajstić information content (AvgIpc) is 3.24. The van der Waals surface area contributed by atoms with Gasteiger partial charge in [0.15, 0.2) is 15.8 Å². The van der Waals surface area contributed by atoms with Crippen LogP contribution in [0.3, 0.4) is 0 Å². The Morgan fingerprint density at radius 3 is 2.31 bits per heavy atom. The molecule has 3 aromatic rings. The number of carbonyl (C=O) groups excluding carboxylic acids is 1. The van der Waals surface area contributed by atoms with E-state index in [9.17, 15) is 4.79 Å². The van der Waals surface area contributed by atoms with Gasteiger partial charge < -0.3 is 9.47 Å². The van der Waals surface area contributed by atoms with E-state index in [1.807, 2.05) is 67.1 Å². The molecule has 0 spiro atoms. The molecule has 1 aromatic heterocycles. The van der Waals surface area contributed by atoms with E-state index in [1.165, 1.54) is 17.3 Å². The highest BCUT2D eigenvalue weighted by molar-refractivity contribution is 8.27. The summed E-state index contributed by atoms with van der Waals surface area (Å²) < 4.78 is 13.8. The highest BCUT2D eigenvalue weighted by Gasteiger charge is 2.34. The van der Waals surface area contributed by atoms with Crippen molar-refractivity contribution in [1.82, 2.24) is 4.68 Å². The van der Waals surface area contributed by atoms with Gasteiger partial charge in [-0.25, -0.2) is 0 Å². The minimum atomic E-state index is -0.138. The van der Waals surface area contributed by atoms with E-state index in [0.29, 0.717) is 27.3 Å². The van der Waals surface area contributed by atoms with E-state index >= 15 is 0 Å². The highest BCUT2D eigenvalue weighted by Crippen LogP contribution is 2.35. The van der Waals surface area contributed by atoms with Crippen molar-refractivity contribution in [3.8, 4) is 11.5 Å². The molecule has 1 saturated heterocycles. The fourth-order valence-electron chi connectivity index (χ4n) is 3.50. The van der Waals surface area contributed by atoms with Gasteiger partial charge in [-0.15, -0.1) is 0 Å². The second-order valence-corrected chi connectivity index (χ2v) is 9.28. The third kappa shape index (κ3) is 4.45. The van der Waals surface area contributed by atoms with Crippen molar-refractivity contribution in [3.05, 3.63) is 87.6 Å². The van der Waals surface area contributed by atoms with E-state index in [1.54, 1.807) is 12.1 Å². The monoisotopic (exact) mass is 464 g/mol. The van der Waals surface area contributed by atoms with Crippen molar-refractivity contribution in [2.24, 2.45) is 0 Å². The summed E-state index contributed by atoms with van der Waals surface area (Å²) in [5.41, 5.74) is 5.05. The van der Waals surface area contributed by atoms with Crippen LogP contribution >= 0.6 is 24.0 Å². The van der Waals surface area contributed by atoms with E-state index < -0.39 is 0 Å². The smallest absolute Gasteiger partial charge is 0.285 e. The van der Waals surface area contributed by atoms with Crippen molar-refractivity contribution < 1.29 is 14.3 Å². The van der Waals surface area contributed by atoms with Gasteiger partial charge in [-0.2, -0.15) is 5.01 Å². The largest absolute Gasteiger partial charge is 0.493 e. The molecule has 4 rings (SSSR count). The molecule has 7 heteroatoms. The van der Waals surface area contributed by atoms with Crippen LogP contribution in [0.1, 0.15) is 28.1 Å². The summed E-state index contributed by atoms with van der Waals surface area (Å²) >= 11 is 6.79. The lowest BCUT2D eigenvalue weighted by molar-refractivity contribution is -0.114. The molecule has 2 aromatic carbocycles. The molecule has 5 nitrogen and oxygen atoms in total. The third-order valence-corrected chi connectivity index (χ3v) is 6.49. The first-order valence-corrected chi connectivity index (χ1v) is 11.4. The molecule has 0 bridgehead atoms. The van der Waals surface area contributed by atoms with Gasteiger partial charge >= 0.3 is 0 Å². The van der Waals surface area contributed by atoms with Gasteiger partial charge in [-0.3, -0.25) is 9.47 Å². The minimum absolute atomic E-state index is 0.138. The molecule has 164 valence electrons. The Kier molecular flexibility index (Phi) is 6.39. The van der Waals surface area contributed by atoms with Crippen LogP contribution in [0.2, 0.25) is 0 Å². The quantitative estimate of drug-likeness (QED) is 0.354. The van der Waals surface area contributed by atoms with Gasteiger partial charge in [0, 0.05) is 11.4 Å². The zero-order valence-electron chi connectivity index (χ0n) is 18.4. The second kappa shape index (κ2) is 9.22. The molecule has 32 heavy (non-hydrogen) atoms. The normalized spacial score (nSPS) is 15.0. The van der Waals surface area contributed by atoms with Crippen molar-refractivity contribution >= 4 is 40.3 Å². The summed E-state index contributed by atoms with van der Waals surface area (Å²) in [5, 5.41) is 1.55. The van der Waals surface area contributed by atoms with Crippen LogP contribution in [0.25, 0.3) is 6.08 Å².